The van der Waals surface area contributed by atoms with E-state index in [0.717, 1.165) is 17.4 Å². The zero-order chi connectivity index (χ0) is 22.8. The van der Waals surface area contributed by atoms with E-state index >= 15 is 0 Å². The molecular weight excluding hydrogens is 459 g/mol. The highest BCUT2D eigenvalue weighted by Gasteiger charge is 2.21. The molecule has 3 rings (SSSR count). The van der Waals surface area contributed by atoms with Crippen LogP contribution < -0.4 is 5.56 Å². The first-order valence-corrected chi connectivity index (χ1v) is 11.9. The van der Waals surface area contributed by atoms with E-state index in [4.69, 9.17) is 23.2 Å². The third kappa shape index (κ3) is 5.55. The molecule has 0 spiro atoms. The molecule has 162 valence electrons. The highest BCUT2D eigenvalue weighted by Crippen LogP contribution is 2.33. The fourth-order valence-corrected chi connectivity index (χ4v) is 4.50. The Morgan fingerprint density at radius 1 is 1.03 bits per heavy atom. The second-order valence-electron chi connectivity index (χ2n) is 7.21. The lowest BCUT2D eigenvalue weighted by molar-refractivity contribution is 0.317. The standard InChI is InChI=1S/C22H20Cl2N2O4S/c1-26-13-15(5-8-22(26)27)21(25-28)12-20(16-9-17(23)11-18(24)10-16)14-3-6-19(7-4-14)31(2,29)30/h3-11,13,20,28H,12H2,1-2H3/b25-21+. The Kier molecular flexibility index (Phi) is 6.89. The monoisotopic (exact) mass is 478 g/mol. The van der Waals surface area contributed by atoms with E-state index in [9.17, 15) is 18.4 Å². The van der Waals surface area contributed by atoms with Gasteiger partial charge < -0.3 is 9.77 Å². The summed E-state index contributed by atoms with van der Waals surface area (Å²) >= 11 is 12.4. The number of sulfone groups is 1. The molecule has 2 aromatic carbocycles. The van der Waals surface area contributed by atoms with Gasteiger partial charge in [0.25, 0.3) is 0 Å². The van der Waals surface area contributed by atoms with Crippen LogP contribution in [0.25, 0.3) is 0 Å². The molecule has 0 amide bonds. The van der Waals surface area contributed by atoms with Gasteiger partial charge in [0.15, 0.2) is 9.84 Å². The number of nitrogens with zero attached hydrogens (tertiary/aromatic N) is 2. The maximum absolute atomic E-state index is 11.8. The summed E-state index contributed by atoms with van der Waals surface area (Å²) in [5.41, 5.74) is 2.31. The molecule has 6 nitrogen and oxygen atoms in total. The Hall–Kier alpha value is -2.61. The molecule has 0 aliphatic rings. The van der Waals surface area contributed by atoms with Crippen molar-refractivity contribution < 1.29 is 13.6 Å². The van der Waals surface area contributed by atoms with E-state index in [-0.39, 0.29) is 22.8 Å². The molecule has 1 N–H and O–H groups in total. The van der Waals surface area contributed by atoms with Gasteiger partial charge in [-0.1, -0.05) is 40.5 Å². The van der Waals surface area contributed by atoms with Crippen LogP contribution in [0.4, 0.5) is 0 Å². The summed E-state index contributed by atoms with van der Waals surface area (Å²) in [5, 5.41) is 14.1. The maximum atomic E-state index is 11.8. The summed E-state index contributed by atoms with van der Waals surface area (Å²) in [6.07, 6.45) is 2.99. The highest BCUT2D eigenvalue weighted by atomic mass is 35.5. The molecule has 1 unspecified atom stereocenters. The molecule has 0 fully saturated rings. The molecular formula is C22H20Cl2N2O4S. The van der Waals surface area contributed by atoms with Crippen LogP contribution in [-0.2, 0) is 16.9 Å². The van der Waals surface area contributed by atoms with Gasteiger partial charge in [0.1, 0.15) is 0 Å². The number of hydrogen-bond donors (Lipinski definition) is 1. The normalized spacial score (nSPS) is 13.2. The van der Waals surface area contributed by atoms with E-state index in [0.29, 0.717) is 21.3 Å². The zero-order valence-corrected chi connectivity index (χ0v) is 19.1. The van der Waals surface area contributed by atoms with E-state index < -0.39 is 9.84 Å². The van der Waals surface area contributed by atoms with Gasteiger partial charge in [-0.2, -0.15) is 0 Å². The van der Waals surface area contributed by atoms with Crippen LogP contribution in [0.5, 0.6) is 0 Å². The number of aryl methyl sites for hydroxylation is 1. The first-order valence-electron chi connectivity index (χ1n) is 9.22. The summed E-state index contributed by atoms with van der Waals surface area (Å²) in [4.78, 5) is 11.9. The lowest BCUT2D eigenvalue weighted by atomic mass is 9.85. The van der Waals surface area contributed by atoms with E-state index in [2.05, 4.69) is 5.16 Å². The van der Waals surface area contributed by atoms with E-state index in [1.807, 2.05) is 0 Å². The molecule has 9 heteroatoms. The van der Waals surface area contributed by atoms with Crippen LogP contribution in [0, 0.1) is 0 Å². The van der Waals surface area contributed by atoms with Gasteiger partial charge in [0, 0.05) is 53.5 Å². The highest BCUT2D eigenvalue weighted by molar-refractivity contribution is 7.90. The largest absolute Gasteiger partial charge is 0.411 e. The van der Waals surface area contributed by atoms with Crippen LogP contribution in [0.3, 0.4) is 0 Å². The minimum atomic E-state index is -3.34. The third-order valence-corrected chi connectivity index (χ3v) is 6.50. The minimum Gasteiger partial charge on any atom is -0.411 e. The van der Waals surface area contributed by atoms with Crippen LogP contribution in [0.2, 0.25) is 10.0 Å². The summed E-state index contributed by atoms with van der Waals surface area (Å²) in [6, 6.07) is 14.6. The summed E-state index contributed by atoms with van der Waals surface area (Å²) in [5.74, 6) is -0.340. The number of rotatable bonds is 6. The molecule has 1 atom stereocenters. The summed E-state index contributed by atoms with van der Waals surface area (Å²) < 4.78 is 25.0. The van der Waals surface area contributed by atoms with Gasteiger partial charge in [0.2, 0.25) is 5.56 Å². The Labute approximate surface area is 190 Å². The number of benzene rings is 2. The lowest BCUT2D eigenvalue weighted by Gasteiger charge is -2.20. The average molecular weight is 479 g/mol. The van der Waals surface area contributed by atoms with Crippen molar-refractivity contribution in [2.45, 2.75) is 17.2 Å². The number of hydrogen-bond acceptors (Lipinski definition) is 5. The molecule has 0 aliphatic heterocycles. The number of pyridine rings is 1. The van der Waals surface area contributed by atoms with Crippen molar-refractivity contribution in [1.29, 1.82) is 0 Å². The van der Waals surface area contributed by atoms with Crippen molar-refractivity contribution in [1.82, 2.24) is 4.57 Å². The van der Waals surface area contributed by atoms with Gasteiger partial charge >= 0.3 is 0 Å². The van der Waals surface area contributed by atoms with Crippen LogP contribution >= 0.6 is 23.2 Å². The van der Waals surface area contributed by atoms with Crippen molar-refractivity contribution >= 4 is 38.8 Å². The average Bonchev–Trinajstić information content (AvgIpc) is 2.70. The molecule has 0 radical (unpaired) electrons. The van der Waals surface area contributed by atoms with Crippen molar-refractivity contribution in [3.63, 3.8) is 0 Å². The number of oxime groups is 1. The SMILES string of the molecule is Cn1cc(/C(CC(c2ccc(S(C)(=O)=O)cc2)c2cc(Cl)cc(Cl)c2)=N/O)ccc1=O. The van der Waals surface area contributed by atoms with E-state index in [1.54, 1.807) is 49.6 Å². The molecule has 0 bridgehead atoms. The molecule has 0 saturated heterocycles. The second kappa shape index (κ2) is 9.26. The second-order valence-corrected chi connectivity index (χ2v) is 10.1. The third-order valence-electron chi connectivity index (χ3n) is 4.94. The first kappa shape index (κ1) is 23.1. The molecule has 1 heterocycles. The van der Waals surface area contributed by atoms with Gasteiger partial charge in [-0.15, -0.1) is 0 Å². The smallest absolute Gasteiger partial charge is 0.250 e. The molecule has 1 aromatic heterocycles. The minimum absolute atomic E-state index is 0.185. The first-order chi connectivity index (χ1) is 14.6. The maximum Gasteiger partial charge on any atom is 0.250 e. The summed E-state index contributed by atoms with van der Waals surface area (Å²) in [7, 11) is -1.73. The van der Waals surface area contributed by atoms with Gasteiger partial charge in [-0.05, 0) is 47.5 Å². The predicted molar refractivity (Wildman–Crippen MR) is 122 cm³/mol. The molecule has 31 heavy (non-hydrogen) atoms. The van der Waals surface area contributed by atoms with Crippen molar-refractivity contribution in [2.75, 3.05) is 6.26 Å². The van der Waals surface area contributed by atoms with Crippen LogP contribution in [0.1, 0.15) is 29.0 Å². The molecule has 0 aliphatic carbocycles. The molecule has 0 saturated carbocycles. The Morgan fingerprint density at radius 2 is 1.65 bits per heavy atom. The quantitative estimate of drug-likeness (QED) is 0.321. The zero-order valence-electron chi connectivity index (χ0n) is 16.8. The lowest BCUT2D eigenvalue weighted by Crippen LogP contribution is -2.18. The van der Waals surface area contributed by atoms with Gasteiger partial charge in [0.05, 0.1) is 10.6 Å². The van der Waals surface area contributed by atoms with Crippen molar-refractivity contribution in [3.05, 3.63) is 97.9 Å². The van der Waals surface area contributed by atoms with Crippen LogP contribution in [-0.4, -0.2) is 30.2 Å². The molecule has 3 aromatic rings. The number of halogens is 2. The fraction of sp³-hybridized carbons (Fsp3) is 0.182. The van der Waals surface area contributed by atoms with E-state index in [1.165, 1.54) is 22.8 Å². The van der Waals surface area contributed by atoms with Crippen molar-refractivity contribution in [3.8, 4) is 0 Å². The Balaban J connectivity index is 2.09. The van der Waals surface area contributed by atoms with Crippen molar-refractivity contribution in [2.24, 2.45) is 12.2 Å². The predicted octanol–water partition coefficient (Wildman–Crippen LogP) is 4.50. The number of aromatic nitrogens is 1. The summed E-state index contributed by atoms with van der Waals surface area (Å²) in [6.45, 7) is 0. The Morgan fingerprint density at radius 3 is 2.16 bits per heavy atom. The van der Waals surface area contributed by atoms with Crippen LogP contribution in [0.15, 0.2) is 75.6 Å². The topological polar surface area (TPSA) is 88.7 Å². The van der Waals surface area contributed by atoms with Gasteiger partial charge in [-0.3, -0.25) is 4.79 Å². The Bertz CT molecular complexity index is 1280. The van der Waals surface area contributed by atoms with Gasteiger partial charge in [-0.25, -0.2) is 8.42 Å². The fourth-order valence-electron chi connectivity index (χ4n) is 3.33.